The van der Waals surface area contributed by atoms with Crippen LogP contribution in [0.2, 0.25) is 0 Å². The van der Waals surface area contributed by atoms with Gasteiger partial charge in [-0.1, -0.05) is 31.9 Å². The topological polar surface area (TPSA) is 0 Å². The fourth-order valence-electron chi connectivity index (χ4n) is 1.24. The van der Waals surface area contributed by atoms with E-state index in [4.69, 9.17) is 0 Å². The summed E-state index contributed by atoms with van der Waals surface area (Å²) in [5, 5.41) is 1.06. The van der Waals surface area contributed by atoms with Crippen LogP contribution < -0.4 is 0 Å². The third-order valence-electron chi connectivity index (χ3n) is 1.89. The highest BCUT2D eigenvalue weighted by atomic mass is 79.9. The Morgan fingerprint density at radius 1 is 1.50 bits per heavy atom. The minimum atomic E-state index is 0.629. The van der Waals surface area contributed by atoms with E-state index in [1.165, 1.54) is 19.3 Å². The van der Waals surface area contributed by atoms with Crippen molar-refractivity contribution >= 4 is 31.9 Å². The van der Waals surface area contributed by atoms with Gasteiger partial charge in [0.15, 0.2) is 0 Å². The molecule has 2 heteroatoms. The minimum absolute atomic E-state index is 0.629. The summed E-state index contributed by atoms with van der Waals surface area (Å²) >= 11 is 7.11. The van der Waals surface area contributed by atoms with Gasteiger partial charge in [-0.05, 0) is 38.0 Å². The lowest BCUT2D eigenvalue weighted by Gasteiger charge is -2.24. The van der Waals surface area contributed by atoms with Crippen molar-refractivity contribution in [3.8, 4) is 0 Å². The van der Waals surface area contributed by atoms with Crippen LogP contribution in [0.15, 0.2) is 0 Å². The summed E-state index contributed by atoms with van der Waals surface area (Å²) in [4.78, 5) is 0.629. The van der Waals surface area contributed by atoms with Gasteiger partial charge in [0.2, 0.25) is 0 Å². The van der Waals surface area contributed by atoms with Crippen LogP contribution in [0.25, 0.3) is 0 Å². The summed E-state index contributed by atoms with van der Waals surface area (Å²) in [5.74, 6) is 0.758. The summed E-state index contributed by atoms with van der Waals surface area (Å²) in [5.41, 5.74) is 0. The monoisotopic (exact) mass is 266 g/mol. The van der Waals surface area contributed by atoms with E-state index < -0.39 is 0 Å². The molecule has 0 aromatic rings. The molecule has 0 aromatic carbocycles. The Balaban J connectivity index is 2.24. The molecule has 0 spiro atoms. The molecule has 1 aliphatic rings. The first-order valence-electron chi connectivity index (χ1n) is 3.69. The molecule has 0 aliphatic heterocycles. The highest BCUT2D eigenvalue weighted by Gasteiger charge is 2.20. The highest BCUT2D eigenvalue weighted by Crippen LogP contribution is 2.29. The molecule has 1 saturated carbocycles. The molecule has 1 aliphatic carbocycles. The number of hydrogen-bond acceptors (Lipinski definition) is 0. The second kappa shape index (κ2) is 4.76. The maximum Gasteiger partial charge on any atom is 0.0273 e. The van der Waals surface area contributed by atoms with Gasteiger partial charge in [0.1, 0.15) is 0 Å². The first kappa shape index (κ1) is 9.05. The Morgan fingerprint density at radius 2 is 2.30 bits per heavy atom. The van der Waals surface area contributed by atoms with Gasteiger partial charge in [-0.2, -0.15) is 0 Å². The van der Waals surface area contributed by atoms with Crippen molar-refractivity contribution in [1.29, 1.82) is 0 Å². The standard InChI is InChI=1S/C8H12Br2/c9-6-8(10)7-4-2-1-3-5-7/h2,5,7-8H,1,3-4,6H2. The Hall–Kier alpha value is 0.960. The molecule has 1 rings (SSSR count). The van der Waals surface area contributed by atoms with Crippen LogP contribution in [0.3, 0.4) is 0 Å². The van der Waals surface area contributed by atoms with Gasteiger partial charge in [0.05, 0.1) is 0 Å². The van der Waals surface area contributed by atoms with Gasteiger partial charge >= 0.3 is 0 Å². The second-order valence-corrected chi connectivity index (χ2v) is 4.50. The quantitative estimate of drug-likeness (QED) is 0.673. The number of rotatable bonds is 2. The minimum Gasteiger partial charge on any atom is -0.0916 e. The number of hydrogen-bond donors (Lipinski definition) is 0. The van der Waals surface area contributed by atoms with Crippen LogP contribution in [0.5, 0.6) is 0 Å². The summed E-state index contributed by atoms with van der Waals surface area (Å²) in [6.45, 7) is 0. The van der Waals surface area contributed by atoms with Crippen LogP contribution in [-0.4, -0.2) is 10.2 Å². The lowest BCUT2D eigenvalue weighted by atomic mass is 9.87. The summed E-state index contributed by atoms with van der Waals surface area (Å²) in [6.07, 6.45) is 8.61. The maximum atomic E-state index is 3.64. The normalized spacial score (nSPS) is 24.6. The summed E-state index contributed by atoms with van der Waals surface area (Å²) in [7, 11) is 0. The molecule has 0 aromatic heterocycles. The lowest BCUT2D eigenvalue weighted by Crippen LogP contribution is -2.19. The predicted molar refractivity (Wildman–Crippen MR) is 52.5 cm³/mol. The molecular weight excluding hydrogens is 256 g/mol. The maximum absolute atomic E-state index is 3.64. The zero-order valence-electron chi connectivity index (χ0n) is 5.89. The highest BCUT2D eigenvalue weighted by molar-refractivity contribution is 9.12. The Kier molecular flexibility index (Phi) is 4.31. The van der Waals surface area contributed by atoms with Crippen LogP contribution in [0.1, 0.15) is 19.3 Å². The lowest BCUT2D eigenvalue weighted by molar-refractivity contribution is 0.521. The van der Waals surface area contributed by atoms with Crippen LogP contribution >= 0.6 is 31.9 Å². The summed E-state index contributed by atoms with van der Waals surface area (Å²) in [6, 6.07) is 0. The van der Waals surface area contributed by atoms with Crippen molar-refractivity contribution in [2.24, 2.45) is 5.92 Å². The van der Waals surface area contributed by atoms with Crippen LogP contribution in [-0.2, 0) is 0 Å². The molecule has 0 heterocycles. The van der Waals surface area contributed by atoms with Gasteiger partial charge in [0.25, 0.3) is 0 Å². The van der Waals surface area contributed by atoms with Gasteiger partial charge < -0.3 is 0 Å². The SMILES string of the molecule is BrCC(Br)C1[CH]CC[CH]C1. The number of alkyl halides is 2. The molecule has 0 bridgehead atoms. The Morgan fingerprint density at radius 3 is 2.80 bits per heavy atom. The molecule has 10 heavy (non-hydrogen) atoms. The molecule has 2 radical (unpaired) electrons. The molecular formula is C8H12Br2. The average molecular weight is 268 g/mol. The first-order valence-corrected chi connectivity index (χ1v) is 5.73. The molecule has 1 fully saturated rings. The molecule has 0 saturated heterocycles. The van der Waals surface area contributed by atoms with E-state index in [0.717, 1.165) is 11.2 Å². The Labute approximate surface area is 80.0 Å². The zero-order valence-corrected chi connectivity index (χ0v) is 9.07. The van der Waals surface area contributed by atoms with Crippen molar-refractivity contribution in [2.75, 3.05) is 5.33 Å². The average Bonchev–Trinajstić information content (AvgIpc) is 2.05. The summed E-state index contributed by atoms with van der Waals surface area (Å²) < 4.78 is 0. The molecule has 0 N–H and O–H groups in total. The fourth-order valence-corrected chi connectivity index (χ4v) is 2.16. The van der Waals surface area contributed by atoms with E-state index in [-0.39, 0.29) is 0 Å². The van der Waals surface area contributed by atoms with Crippen LogP contribution in [0.4, 0.5) is 0 Å². The second-order valence-electron chi connectivity index (χ2n) is 2.67. The predicted octanol–water partition coefficient (Wildman–Crippen LogP) is 3.35. The zero-order chi connectivity index (χ0) is 7.40. The van der Waals surface area contributed by atoms with E-state index in [9.17, 15) is 0 Å². The van der Waals surface area contributed by atoms with Crippen molar-refractivity contribution in [1.82, 2.24) is 0 Å². The molecule has 0 amide bonds. The first-order chi connectivity index (χ1) is 4.84. The van der Waals surface area contributed by atoms with E-state index >= 15 is 0 Å². The third-order valence-corrected chi connectivity index (χ3v) is 4.46. The van der Waals surface area contributed by atoms with E-state index in [1.807, 2.05) is 0 Å². The van der Waals surface area contributed by atoms with E-state index in [0.29, 0.717) is 4.83 Å². The van der Waals surface area contributed by atoms with Crippen LogP contribution in [0, 0.1) is 18.8 Å². The van der Waals surface area contributed by atoms with E-state index in [1.54, 1.807) is 0 Å². The van der Waals surface area contributed by atoms with Gasteiger partial charge in [-0.25, -0.2) is 0 Å². The number of halogens is 2. The Bertz CT molecular complexity index is 87.3. The molecule has 0 nitrogen and oxygen atoms in total. The van der Waals surface area contributed by atoms with Crippen molar-refractivity contribution in [3.05, 3.63) is 12.8 Å². The third kappa shape index (κ3) is 2.54. The van der Waals surface area contributed by atoms with Crippen molar-refractivity contribution in [3.63, 3.8) is 0 Å². The van der Waals surface area contributed by atoms with Crippen molar-refractivity contribution < 1.29 is 0 Å². The molecule has 2 atom stereocenters. The van der Waals surface area contributed by atoms with E-state index in [2.05, 4.69) is 44.7 Å². The smallest absolute Gasteiger partial charge is 0.0273 e. The largest absolute Gasteiger partial charge is 0.0916 e. The van der Waals surface area contributed by atoms with Gasteiger partial charge in [-0.3, -0.25) is 0 Å². The molecule has 58 valence electrons. The van der Waals surface area contributed by atoms with Crippen molar-refractivity contribution in [2.45, 2.75) is 24.1 Å². The van der Waals surface area contributed by atoms with Gasteiger partial charge in [0, 0.05) is 10.2 Å². The van der Waals surface area contributed by atoms with Gasteiger partial charge in [-0.15, -0.1) is 0 Å². The fraction of sp³-hybridized carbons (Fsp3) is 0.750. The molecule has 2 unspecified atom stereocenters.